The van der Waals surface area contributed by atoms with E-state index < -0.39 is 0 Å². The zero-order valence-electron chi connectivity index (χ0n) is 10.1. The van der Waals surface area contributed by atoms with Gasteiger partial charge in [-0.2, -0.15) is 0 Å². The molecule has 1 fully saturated rings. The van der Waals surface area contributed by atoms with Crippen molar-refractivity contribution in [2.45, 2.75) is 39.5 Å². The van der Waals surface area contributed by atoms with E-state index in [1.54, 1.807) is 12.4 Å². The third kappa shape index (κ3) is 2.49. The molecular formula is C14H19NO. The number of pyridine rings is 1. The lowest BCUT2D eigenvalue weighted by Crippen LogP contribution is -2.21. The van der Waals surface area contributed by atoms with Crippen LogP contribution in [-0.4, -0.2) is 10.8 Å². The third-order valence-electron chi connectivity index (χ3n) is 3.55. The minimum atomic E-state index is 0.236. The second kappa shape index (κ2) is 4.77. The van der Waals surface area contributed by atoms with E-state index in [0.717, 1.165) is 29.9 Å². The van der Waals surface area contributed by atoms with Crippen LogP contribution < -0.4 is 0 Å². The highest BCUT2D eigenvalue weighted by Crippen LogP contribution is 2.30. The van der Waals surface area contributed by atoms with Crippen molar-refractivity contribution < 1.29 is 4.79 Å². The summed E-state index contributed by atoms with van der Waals surface area (Å²) in [6.45, 7) is 4.25. The molecule has 16 heavy (non-hydrogen) atoms. The number of Topliss-reactive ketones (excluding diaryl/α,β-unsaturated/α-hetero) is 1. The van der Waals surface area contributed by atoms with E-state index in [1.807, 2.05) is 13.0 Å². The maximum Gasteiger partial charge on any atom is 0.167 e. The number of aromatic nitrogens is 1. The van der Waals surface area contributed by atoms with E-state index >= 15 is 0 Å². The predicted octanol–water partition coefficient (Wildman–Crippen LogP) is 3.40. The SMILES string of the molecule is Cc1cncc(C(=O)C2CCC(C)CC2)c1. The number of hydrogen-bond donors (Lipinski definition) is 0. The maximum absolute atomic E-state index is 12.2. The summed E-state index contributed by atoms with van der Waals surface area (Å²) in [4.78, 5) is 16.3. The summed E-state index contributed by atoms with van der Waals surface area (Å²) in [5.74, 6) is 1.32. The van der Waals surface area contributed by atoms with Crippen LogP contribution in [0.5, 0.6) is 0 Å². The van der Waals surface area contributed by atoms with Crippen molar-refractivity contribution in [3.05, 3.63) is 29.6 Å². The lowest BCUT2D eigenvalue weighted by Gasteiger charge is -2.25. The lowest BCUT2D eigenvalue weighted by molar-refractivity contribution is 0.0875. The van der Waals surface area contributed by atoms with E-state index in [1.165, 1.54) is 12.8 Å². The molecule has 2 rings (SSSR count). The summed E-state index contributed by atoms with van der Waals surface area (Å²) in [6.07, 6.45) is 7.97. The number of ketones is 1. The summed E-state index contributed by atoms with van der Waals surface area (Å²) in [7, 11) is 0. The molecule has 1 saturated carbocycles. The molecule has 1 aromatic heterocycles. The second-order valence-corrected chi connectivity index (χ2v) is 5.07. The lowest BCUT2D eigenvalue weighted by atomic mass is 9.79. The van der Waals surface area contributed by atoms with Crippen molar-refractivity contribution in [2.75, 3.05) is 0 Å². The monoisotopic (exact) mass is 217 g/mol. The quantitative estimate of drug-likeness (QED) is 0.711. The fourth-order valence-electron chi connectivity index (χ4n) is 2.45. The van der Waals surface area contributed by atoms with Crippen LogP contribution in [0.25, 0.3) is 0 Å². The molecule has 0 amide bonds. The Morgan fingerprint density at radius 1 is 1.25 bits per heavy atom. The van der Waals surface area contributed by atoms with E-state index in [4.69, 9.17) is 0 Å². The van der Waals surface area contributed by atoms with Gasteiger partial charge in [-0.25, -0.2) is 0 Å². The van der Waals surface area contributed by atoms with E-state index in [9.17, 15) is 4.79 Å². The summed E-state index contributed by atoms with van der Waals surface area (Å²) < 4.78 is 0. The number of hydrogen-bond acceptors (Lipinski definition) is 2. The van der Waals surface area contributed by atoms with Crippen LogP contribution in [0.4, 0.5) is 0 Å². The highest BCUT2D eigenvalue weighted by Gasteiger charge is 2.25. The minimum absolute atomic E-state index is 0.236. The van der Waals surface area contributed by atoms with Crippen LogP contribution in [0.15, 0.2) is 18.5 Å². The van der Waals surface area contributed by atoms with Gasteiger partial charge in [0.05, 0.1) is 0 Å². The van der Waals surface area contributed by atoms with Gasteiger partial charge in [-0.05, 0) is 37.3 Å². The average molecular weight is 217 g/mol. The number of nitrogens with zero attached hydrogens (tertiary/aromatic N) is 1. The van der Waals surface area contributed by atoms with Crippen LogP contribution >= 0.6 is 0 Å². The first-order chi connectivity index (χ1) is 7.66. The largest absolute Gasteiger partial charge is 0.294 e. The first-order valence-electron chi connectivity index (χ1n) is 6.12. The normalized spacial score (nSPS) is 25.4. The van der Waals surface area contributed by atoms with Crippen molar-refractivity contribution in [3.8, 4) is 0 Å². The molecule has 0 N–H and O–H groups in total. The van der Waals surface area contributed by atoms with Crippen molar-refractivity contribution in [1.82, 2.24) is 4.98 Å². The Morgan fingerprint density at radius 2 is 1.94 bits per heavy atom. The number of carbonyl (C=O) groups is 1. The molecule has 0 bridgehead atoms. The van der Waals surface area contributed by atoms with Gasteiger partial charge in [-0.3, -0.25) is 9.78 Å². The Bertz CT molecular complexity index is 378. The van der Waals surface area contributed by atoms with E-state index in [-0.39, 0.29) is 5.92 Å². The predicted molar refractivity (Wildman–Crippen MR) is 64.4 cm³/mol. The molecule has 0 unspecified atom stereocenters. The molecule has 0 aromatic carbocycles. The first kappa shape index (κ1) is 11.3. The Morgan fingerprint density at radius 3 is 2.56 bits per heavy atom. The van der Waals surface area contributed by atoms with E-state index in [2.05, 4.69) is 11.9 Å². The van der Waals surface area contributed by atoms with Gasteiger partial charge < -0.3 is 0 Å². The van der Waals surface area contributed by atoms with Gasteiger partial charge in [0, 0.05) is 23.9 Å². The van der Waals surface area contributed by atoms with Crippen LogP contribution in [0, 0.1) is 18.8 Å². The molecule has 0 saturated heterocycles. The van der Waals surface area contributed by atoms with Crippen molar-refractivity contribution in [3.63, 3.8) is 0 Å². The molecule has 0 aliphatic heterocycles. The van der Waals surface area contributed by atoms with Gasteiger partial charge in [-0.15, -0.1) is 0 Å². The Kier molecular flexibility index (Phi) is 3.37. The summed E-state index contributed by atoms with van der Waals surface area (Å²) in [5, 5.41) is 0. The summed E-state index contributed by atoms with van der Waals surface area (Å²) >= 11 is 0. The summed E-state index contributed by atoms with van der Waals surface area (Å²) in [5.41, 5.74) is 1.86. The van der Waals surface area contributed by atoms with Crippen LogP contribution in [-0.2, 0) is 0 Å². The average Bonchev–Trinajstić information content (AvgIpc) is 2.29. The van der Waals surface area contributed by atoms with E-state index in [0.29, 0.717) is 5.78 Å². The number of rotatable bonds is 2. The minimum Gasteiger partial charge on any atom is -0.294 e. The molecule has 0 atom stereocenters. The van der Waals surface area contributed by atoms with Gasteiger partial charge in [-0.1, -0.05) is 19.8 Å². The van der Waals surface area contributed by atoms with Crippen LogP contribution in [0.2, 0.25) is 0 Å². The fraction of sp³-hybridized carbons (Fsp3) is 0.571. The van der Waals surface area contributed by atoms with Gasteiger partial charge in [0.1, 0.15) is 0 Å². The maximum atomic E-state index is 12.2. The van der Waals surface area contributed by atoms with Gasteiger partial charge in [0.2, 0.25) is 0 Å². The van der Waals surface area contributed by atoms with Gasteiger partial charge >= 0.3 is 0 Å². The third-order valence-corrected chi connectivity index (χ3v) is 3.55. The van der Waals surface area contributed by atoms with Crippen LogP contribution in [0.3, 0.4) is 0 Å². The van der Waals surface area contributed by atoms with Crippen molar-refractivity contribution >= 4 is 5.78 Å². The number of carbonyl (C=O) groups excluding carboxylic acids is 1. The van der Waals surface area contributed by atoms with Gasteiger partial charge in [0.25, 0.3) is 0 Å². The second-order valence-electron chi connectivity index (χ2n) is 5.07. The molecule has 2 heteroatoms. The fourth-order valence-corrected chi connectivity index (χ4v) is 2.45. The molecule has 1 aliphatic rings. The van der Waals surface area contributed by atoms with Crippen LogP contribution in [0.1, 0.15) is 48.5 Å². The Hall–Kier alpha value is -1.18. The molecule has 1 aliphatic carbocycles. The number of aryl methyl sites for hydroxylation is 1. The zero-order chi connectivity index (χ0) is 11.5. The molecule has 86 valence electrons. The molecule has 0 radical (unpaired) electrons. The van der Waals surface area contributed by atoms with Crippen molar-refractivity contribution in [2.24, 2.45) is 11.8 Å². The molecule has 1 heterocycles. The van der Waals surface area contributed by atoms with Crippen molar-refractivity contribution in [1.29, 1.82) is 0 Å². The molecular weight excluding hydrogens is 198 g/mol. The topological polar surface area (TPSA) is 30.0 Å². The highest BCUT2D eigenvalue weighted by atomic mass is 16.1. The standard InChI is InChI=1S/C14H19NO/c1-10-3-5-12(6-4-10)14(16)13-7-11(2)8-15-9-13/h7-10,12H,3-6H2,1-2H3. The smallest absolute Gasteiger partial charge is 0.167 e. The summed E-state index contributed by atoms with van der Waals surface area (Å²) in [6, 6.07) is 1.95. The molecule has 1 aromatic rings. The zero-order valence-corrected chi connectivity index (χ0v) is 10.1. The Balaban J connectivity index is 2.08. The molecule has 0 spiro atoms. The first-order valence-corrected chi connectivity index (χ1v) is 6.12. The highest BCUT2D eigenvalue weighted by molar-refractivity contribution is 5.97. The van der Waals surface area contributed by atoms with Gasteiger partial charge in [0.15, 0.2) is 5.78 Å². The molecule has 2 nitrogen and oxygen atoms in total. The Labute approximate surface area is 97.1 Å².